The summed E-state index contributed by atoms with van der Waals surface area (Å²) in [6.07, 6.45) is 20.9. The molecule has 1 N–H and O–H groups in total. The average Bonchev–Trinajstić information content (AvgIpc) is 2.67. The SMILES string of the molecule is CCCCCCCCCCCCCCCC(C(O)CCCCCCC)S(=O)(=O)[O-].[K+]. The second kappa shape index (κ2) is 23.7. The fourth-order valence-corrected chi connectivity index (χ4v) is 5.01. The van der Waals surface area contributed by atoms with E-state index in [9.17, 15) is 18.1 Å². The molecule has 0 aliphatic carbocycles. The van der Waals surface area contributed by atoms with Crippen molar-refractivity contribution in [3.63, 3.8) is 0 Å². The summed E-state index contributed by atoms with van der Waals surface area (Å²) in [6, 6.07) is 0. The van der Waals surface area contributed by atoms with E-state index in [1.165, 1.54) is 70.6 Å². The van der Waals surface area contributed by atoms with E-state index < -0.39 is 21.5 Å². The normalized spacial score (nSPS) is 13.7. The summed E-state index contributed by atoms with van der Waals surface area (Å²) in [5.41, 5.74) is 0. The molecule has 176 valence electrons. The number of hydrogen-bond acceptors (Lipinski definition) is 4. The molecule has 0 radical (unpaired) electrons. The van der Waals surface area contributed by atoms with Crippen LogP contribution in [0.2, 0.25) is 0 Å². The van der Waals surface area contributed by atoms with E-state index in [4.69, 9.17) is 0 Å². The summed E-state index contributed by atoms with van der Waals surface area (Å²) in [4.78, 5) is 0. The van der Waals surface area contributed by atoms with Crippen molar-refractivity contribution in [2.45, 2.75) is 154 Å². The molecule has 0 rings (SSSR count). The van der Waals surface area contributed by atoms with Crippen LogP contribution in [-0.2, 0) is 10.1 Å². The molecule has 0 saturated carbocycles. The summed E-state index contributed by atoms with van der Waals surface area (Å²) in [6.45, 7) is 4.39. The van der Waals surface area contributed by atoms with Crippen LogP contribution in [0.1, 0.15) is 142 Å². The quantitative estimate of drug-likeness (QED) is 0.146. The molecule has 0 amide bonds. The third-order valence-electron chi connectivity index (χ3n) is 6.00. The third-order valence-corrected chi connectivity index (χ3v) is 7.29. The first-order chi connectivity index (χ1) is 13.9. The first-order valence-electron chi connectivity index (χ1n) is 12.6. The maximum absolute atomic E-state index is 11.5. The molecule has 2 unspecified atom stereocenters. The van der Waals surface area contributed by atoms with Gasteiger partial charge in [0, 0.05) is 0 Å². The molecule has 4 nitrogen and oxygen atoms in total. The number of aliphatic hydroxyl groups is 1. The van der Waals surface area contributed by atoms with Crippen LogP contribution in [0.3, 0.4) is 0 Å². The summed E-state index contributed by atoms with van der Waals surface area (Å²) in [5, 5.41) is 9.09. The molecule has 0 aromatic carbocycles. The number of unbranched alkanes of at least 4 members (excludes halogenated alkanes) is 16. The maximum Gasteiger partial charge on any atom is 1.00 e. The molecule has 0 spiro atoms. The van der Waals surface area contributed by atoms with Gasteiger partial charge in [-0.3, -0.25) is 0 Å². The second-order valence-electron chi connectivity index (χ2n) is 8.83. The predicted molar refractivity (Wildman–Crippen MR) is 123 cm³/mol. The Labute approximate surface area is 230 Å². The Morgan fingerprint density at radius 3 is 1.23 bits per heavy atom. The van der Waals surface area contributed by atoms with E-state index >= 15 is 0 Å². The van der Waals surface area contributed by atoms with Gasteiger partial charge in [-0.2, -0.15) is 0 Å². The van der Waals surface area contributed by atoms with Gasteiger partial charge < -0.3 is 9.66 Å². The fraction of sp³-hybridized carbons (Fsp3) is 1.00. The molecular formula is C24H49KO4S. The topological polar surface area (TPSA) is 77.4 Å². The summed E-state index contributed by atoms with van der Waals surface area (Å²) in [7, 11) is -4.43. The van der Waals surface area contributed by atoms with Crippen LogP contribution in [-0.4, -0.2) is 29.4 Å². The molecule has 0 bridgehead atoms. The van der Waals surface area contributed by atoms with Crippen LogP contribution in [0.5, 0.6) is 0 Å². The minimum atomic E-state index is -4.43. The summed E-state index contributed by atoms with van der Waals surface area (Å²) in [5.74, 6) is 0. The molecule has 0 aromatic rings. The van der Waals surface area contributed by atoms with Crippen molar-refractivity contribution in [3.8, 4) is 0 Å². The minimum Gasteiger partial charge on any atom is -0.748 e. The Bertz CT molecular complexity index is 442. The van der Waals surface area contributed by atoms with E-state index in [-0.39, 0.29) is 51.4 Å². The zero-order valence-corrected chi connectivity index (χ0v) is 24.3. The van der Waals surface area contributed by atoms with Crippen molar-refractivity contribution < 1.29 is 69.5 Å². The molecule has 0 aromatic heterocycles. The third kappa shape index (κ3) is 21.4. The van der Waals surface area contributed by atoms with Crippen molar-refractivity contribution in [1.29, 1.82) is 0 Å². The van der Waals surface area contributed by atoms with E-state index in [0.717, 1.165) is 44.9 Å². The van der Waals surface area contributed by atoms with Crippen LogP contribution in [0, 0.1) is 0 Å². The van der Waals surface area contributed by atoms with E-state index in [2.05, 4.69) is 13.8 Å². The molecule has 0 aliphatic rings. The van der Waals surface area contributed by atoms with E-state index in [1.807, 2.05) is 0 Å². The molecule has 6 heteroatoms. The number of rotatable bonds is 22. The second-order valence-corrected chi connectivity index (χ2v) is 10.4. The van der Waals surface area contributed by atoms with Crippen molar-refractivity contribution in [3.05, 3.63) is 0 Å². The standard InChI is InChI=1S/C24H50O4S.K/c1-3-5-7-9-10-11-12-13-14-15-16-18-20-22-24(29(26,27)28)23(25)21-19-17-8-6-4-2;/h23-25H,3-22H2,1-2H3,(H,26,27,28);/q;+1/p-1. The smallest absolute Gasteiger partial charge is 0.748 e. The molecule has 0 heterocycles. The van der Waals surface area contributed by atoms with Gasteiger partial charge in [-0.25, -0.2) is 8.42 Å². The summed E-state index contributed by atoms with van der Waals surface area (Å²) >= 11 is 0. The van der Waals surface area contributed by atoms with Gasteiger partial charge in [0.2, 0.25) is 0 Å². The van der Waals surface area contributed by atoms with E-state index in [1.54, 1.807) is 0 Å². The van der Waals surface area contributed by atoms with Gasteiger partial charge >= 0.3 is 51.4 Å². The van der Waals surface area contributed by atoms with Crippen LogP contribution in [0.4, 0.5) is 0 Å². The van der Waals surface area contributed by atoms with Gasteiger partial charge in [0.25, 0.3) is 0 Å². The van der Waals surface area contributed by atoms with Gasteiger partial charge in [0.05, 0.1) is 11.4 Å². The Kier molecular flexibility index (Phi) is 26.6. The van der Waals surface area contributed by atoms with Crippen LogP contribution in [0.25, 0.3) is 0 Å². The first-order valence-corrected chi connectivity index (χ1v) is 14.0. The molecule has 0 fully saturated rings. The Balaban J connectivity index is 0. The first kappa shape index (κ1) is 33.7. The van der Waals surface area contributed by atoms with Gasteiger partial charge in [-0.05, 0) is 12.8 Å². The maximum atomic E-state index is 11.5. The van der Waals surface area contributed by atoms with Crippen LogP contribution < -0.4 is 51.4 Å². The van der Waals surface area contributed by atoms with Crippen LogP contribution >= 0.6 is 0 Å². The zero-order valence-electron chi connectivity index (χ0n) is 20.4. The molecule has 30 heavy (non-hydrogen) atoms. The predicted octanol–water partition coefficient (Wildman–Crippen LogP) is 4.11. The molecule has 0 aliphatic heterocycles. The fourth-order valence-electron chi connectivity index (χ4n) is 4.04. The zero-order chi connectivity index (χ0) is 21.8. The minimum absolute atomic E-state index is 0. The monoisotopic (exact) mass is 472 g/mol. The average molecular weight is 473 g/mol. The van der Waals surface area contributed by atoms with Crippen molar-refractivity contribution in [2.75, 3.05) is 0 Å². The van der Waals surface area contributed by atoms with Crippen molar-refractivity contribution in [2.24, 2.45) is 0 Å². The Morgan fingerprint density at radius 1 is 0.600 bits per heavy atom. The Morgan fingerprint density at radius 2 is 0.900 bits per heavy atom. The number of hydrogen-bond donors (Lipinski definition) is 1. The van der Waals surface area contributed by atoms with Gasteiger partial charge in [-0.1, -0.05) is 129 Å². The van der Waals surface area contributed by atoms with Crippen LogP contribution in [0.15, 0.2) is 0 Å². The van der Waals surface area contributed by atoms with E-state index in [0.29, 0.717) is 12.8 Å². The molecule has 0 saturated heterocycles. The van der Waals surface area contributed by atoms with Crippen molar-refractivity contribution in [1.82, 2.24) is 0 Å². The summed E-state index contributed by atoms with van der Waals surface area (Å²) < 4.78 is 34.6. The Hall–Kier alpha value is 1.51. The van der Waals surface area contributed by atoms with Crippen molar-refractivity contribution >= 4 is 10.1 Å². The molecule has 2 atom stereocenters. The van der Waals surface area contributed by atoms with Gasteiger partial charge in [0.15, 0.2) is 0 Å². The largest absolute Gasteiger partial charge is 1.00 e. The number of aliphatic hydroxyl groups excluding tert-OH is 1. The van der Waals surface area contributed by atoms with Gasteiger partial charge in [-0.15, -0.1) is 0 Å². The van der Waals surface area contributed by atoms with Gasteiger partial charge in [0.1, 0.15) is 10.1 Å². The molecular weight excluding hydrogens is 423 g/mol.